The molecule has 2 aromatic heterocycles. The van der Waals surface area contributed by atoms with E-state index in [-0.39, 0.29) is 5.91 Å². The van der Waals surface area contributed by atoms with Crippen LogP contribution >= 0.6 is 0 Å². The first-order valence-corrected chi connectivity index (χ1v) is 15.3. The molecule has 0 spiro atoms. The van der Waals surface area contributed by atoms with E-state index in [1.165, 1.54) is 7.11 Å². The summed E-state index contributed by atoms with van der Waals surface area (Å²) in [4.78, 5) is 42.3. The standard InChI is InChI=1S/C33H40N8O4/c1-38-17-19-40(20-18-38)23-11-15-41(16-12-23)31(42)22-9-10-26(28(21-22)44-3)35-33-36-27-13-14-39(2)29(27)30(37-33)34-25-8-6-5-7-24(25)32(43)45-4/h5-10,13-14,21,23H,11-12,15-20H2,1-4H3,(H2,34,35,36,37). The van der Waals surface area contributed by atoms with Crippen molar-refractivity contribution in [3.05, 3.63) is 65.9 Å². The molecule has 0 unspecified atom stereocenters. The average Bonchev–Trinajstić information content (AvgIpc) is 3.45. The molecular weight excluding hydrogens is 572 g/mol. The number of ether oxygens (including phenoxy) is 2. The van der Waals surface area contributed by atoms with Crippen LogP contribution in [0.15, 0.2) is 54.7 Å². The third-order valence-electron chi connectivity index (χ3n) is 8.81. The SMILES string of the molecule is COC(=O)c1ccccc1Nc1nc(Nc2ccc(C(=O)N3CCC(N4CCN(C)CC4)CC3)cc2OC)nc2ccn(C)c12. The van der Waals surface area contributed by atoms with Crippen molar-refractivity contribution >= 4 is 46.1 Å². The number of benzene rings is 2. The smallest absolute Gasteiger partial charge is 0.339 e. The molecule has 4 aromatic rings. The van der Waals surface area contributed by atoms with Crippen molar-refractivity contribution in [1.29, 1.82) is 0 Å². The lowest BCUT2D eigenvalue weighted by Crippen LogP contribution is -2.52. The van der Waals surface area contributed by atoms with Crippen LogP contribution in [0.1, 0.15) is 33.6 Å². The molecule has 0 saturated carbocycles. The third kappa shape index (κ3) is 6.43. The fourth-order valence-corrected chi connectivity index (χ4v) is 6.20. The highest BCUT2D eigenvalue weighted by Crippen LogP contribution is 2.32. The van der Waals surface area contributed by atoms with E-state index in [1.807, 2.05) is 47.0 Å². The Balaban J connectivity index is 1.19. The molecule has 0 radical (unpaired) electrons. The molecule has 1 amide bonds. The molecule has 12 nitrogen and oxygen atoms in total. The lowest BCUT2D eigenvalue weighted by Gasteiger charge is -2.42. The number of amides is 1. The van der Waals surface area contributed by atoms with E-state index < -0.39 is 5.97 Å². The Kier molecular flexibility index (Phi) is 8.85. The number of para-hydroxylation sites is 1. The van der Waals surface area contributed by atoms with E-state index in [0.29, 0.717) is 51.6 Å². The molecule has 4 heterocycles. The minimum atomic E-state index is -0.451. The molecule has 236 valence electrons. The largest absolute Gasteiger partial charge is 0.495 e. The number of esters is 1. The van der Waals surface area contributed by atoms with Crippen LogP contribution in [0.5, 0.6) is 5.75 Å². The molecule has 0 bridgehead atoms. The average molecular weight is 613 g/mol. The van der Waals surface area contributed by atoms with Crippen LogP contribution in [0.25, 0.3) is 11.0 Å². The molecule has 2 aliphatic rings. The number of carbonyl (C=O) groups excluding carboxylic acids is 2. The Morgan fingerprint density at radius 3 is 2.36 bits per heavy atom. The van der Waals surface area contributed by atoms with E-state index in [2.05, 4.69) is 27.5 Å². The zero-order valence-corrected chi connectivity index (χ0v) is 26.2. The zero-order valence-electron chi connectivity index (χ0n) is 26.2. The van der Waals surface area contributed by atoms with Crippen LogP contribution in [0.3, 0.4) is 0 Å². The minimum absolute atomic E-state index is 0.00869. The summed E-state index contributed by atoms with van der Waals surface area (Å²) in [5.41, 5.74) is 3.63. The molecule has 2 saturated heterocycles. The number of rotatable bonds is 8. The number of aromatic nitrogens is 3. The van der Waals surface area contributed by atoms with Crippen LogP contribution < -0.4 is 15.4 Å². The maximum absolute atomic E-state index is 13.5. The summed E-state index contributed by atoms with van der Waals surface area (Å²) in [5.74, 6) is 0.907. The van der Waals surface area contributed by atoms with E-state index in [0.717, 1.165) is 57.6 Å². The van der Waals surface area contributed by atoms with Crippen molar-refractivity contribution in [2.24, 2.45) is 7.05 Å². The summed E-state index contributed by atoms with van der Waals surface area (Å²) in [6.45, 7) is 5.89. The summed E-state index contributed by atoms with van der Waals surface area (Å²) in [5, 5.41) is 6.57. The van der Waals surface area contributed by atoms with Crippen LogP contribution in [-0.2, 0) is 11.8 Å². The number of carbonyl (C=O) groups is 2. The second kappa shape index (κ2) is 13.1. The lowest BCUT2D eigenvalue weighted by atomic mass is 10.0. The van der Waals surface area contributed by atoms with E-state index in [9.17, 15) is 9.59 Å². The third-order valence-corrected chi connectivity index (χ3v) is 8.81. The van der Waals surface area contributed by atoms with E-state index in [1.54, 1.807) is 31.4 Å². The number of anilines is 4. The molecular formula is C33H40N8O4. The number of likely N-dealkylation sites (tertiary alicyclic amines) is 1. The van der Waals surface area contributed by atoms with Gasteiger partial charge in [0.15, 0.2) is 5.82 Å². The van der Waals surface area contributed by atoms with E-state index in [4.69, 9.17) is 19.4 Å². The van der Waals surface area contributed by atoms with E-state index >= 15 is 0 Å². The summed E-state index contributed by atoms with van der Waals surface area (Å²) in [6, 6.07) is 14.9. The molecule has 12 heteroatoms. The summed E-state index contributed by atoms with van der Waals surface area (Å²) in [6.07, 6.45) is 3.88. The van der Waals surface area contributed by atoms with Gasteiger partial charge in [-0.3, -0.25) is 9.69 Å². The highest BCUT2D eigenvalue weighted by molar-refractivity contribution is 5.98. The number of aryl methyl sites for hydroxylation is 1. The first kappa shape index (κ1) is 30.4. The first-order chi connectivity index (χ1) is 21.8. The van der Waals surface area contributed by atoms with Gasteiger partial charge in [0.2, 0.25) is 5.95 Å². The number of nitrogens with zero attached hydrogens (tertiary/aromatic N) is 6. The second-order valence-corrected chi connectivity index (χ2v) is 11.6. The normalized spacial score (nSPS) is 16.5. The highest BCUT2D eigenvalue weighted by atomic mass is 16.5. The van der Waals surface area contributed by atoms with Crippen LogP contribution in [0, 0.1) is 0 Å². The predicted molar refractivity (Wildman–Crippen MR) is 174 cm³/mol. The number of nitrogens with one attached hydrogen (secondary N) is 2. The van der Waals surface area contributed by atoms with Crippen molar-refractivity contribution in [1.82, 2.24) is 29.2 Å². The molecule has 6 rings (SSSR count). The van der Waals surface area contributed by atoms with Crippen LogP contribution in [-0.4, -0.2) is 108 Å². The maximum atomic E-state index is 13.5. The lowest BCUT2D eigenvalue weighted by molar-refractivity contribution is 0.0518. The number of piperidine rings is 1. The Morgan fingerprint density at radius 1 is 0.867 bits per heavy atom. The van der Waals surface area contributed by atoms with Crippen molar-refractivity contribution in [3.8, 4) is 5.75 Å². The summed E-state index contributed by atoms with van der Waals surface area (Å²) in [7, 11) is 7.01. The number of hydrogen-bond donors (Lipinski definition) is 2. The van der Waals surface area contributed by atoms with Crippen molar-refractivity contribution in [3.63, 3.8) is 0 Å². The number of fused-ring (bicyclic) bond motifs is 1. The predicted octanol–water partition coefficient (Wildman–Crippen LogP) is 4.10. The molecule has 0 atom stereocenters. The number of hydrogen-bond acceptors (Lipinski definition) is 10. The van der Waals surface area contributed by atoms with Gasteiger partial charge in [0.1, 0.15) is 11.3 Å². The molecule has 2 aromatic carbocycles. The van der Waals surface area contributed by atoms with Gasteiger partial charge in [-0.15, -0.1) is 0 Å². The Bertz CT molecular complexity index is 1690. The topological polar surface area (TPSA) is 117 Å². The summed E-state index contributed by atoms with van der Waals surface area (Å²) >= 11 is 0. The van der Waals surface area contributed by atoms with Crippen molar-refractivity contribution < 1.29 is 19.1 Å². The second-order valence-electron chi connectivity index (χ2n) is 11.6. The van der Waals surface area contributed by atoms with Gasteiger partial charge in [0, 0.05) is 64.1 Å². The maximum Gasteiger partial charge on any atom is 0.339 e. The Labute approximate surface area is 262 Å². The van der Waals surface area contributed by atoms with Crippen molar-refractivity contribution in [2.45, 2.75) is 18.9 Å². The first-order valence-electron chi connectivity index (χ1n) is 15.3. The van der Waals surface area contributed by atoms with Gasteiger partial charge < -0.3 is 34.5 Å². The molecule has 2 fully saturated rings. The fourth-order valence-electron chi connectivity index (χ4n) is 6.20. The molecule has 2 aliphatic heterocycles. The van der Waals surface area contributed by atoms with Gasteiger partial charge in [-0.1, -0.05) is 12.1 Å². The molecule has 2 N–H and O–H groups in total. The molecule has 0 aliphatic carbocycles. The summed E-state index contributed by atoms with van der Waals surface area (Å²) < 4.78 is 12.6. The quantitative estimate of drug-likeness (QED) is 0.282. The Morgan fingerprint density at radius 2 is 1.62 bits per heavy atom. The van der Waals surface area contributed by atoms with Gasteiger partial charge in [-0.25, -0.2) is 9.78 Å². The van der Waals surface area contributed by atoms with Gasteiger partial charge in [0.25, 0.3) is 5.91 Å². The molecule has 45 heavy (non-hydrogen) atoms. The number of piperazine rings is 1. The fraction of sp³-hybridized carbons (Fsp3) is 0.394. The van der Waals surface area contributed by atoms with Crippen molar-refractivity contribution in [2.75, 3.05) is 71.2 Å². The van der Waals surface area contributed by atoms with Crippen LogP contribution in [0.2, 0.25) is 0 Å². The van der Waals surface area contributed by atoms with Gasteiger partial charge in [0.05, 0.1) is 36.7 Å². The van der Waals surface area contributed by atoms with Gasteiger partial charge >= 0.3 is 5.97 Å². The zero-order chi connectivity index (χ0) is 31.5. The highest BCUT2D eigenvalue weighted by Gasteiger charge is 2.29. The number of likely N-dealkylation sites (N-methyl/N-ethyl adjacent to an activating group) is 1. The number of methoxy groups -OCH3 is 2. The Hall–Kier alpha value is -4.68. The minimum Gasteiger partial charge on any atom is -0.495 e. The van der Waals surface area contributed by atoms with Crippen LogP contribution in [0.4, 0.5) is 23.1 Å². The van der Waals surface area contributed by atoms with Gasteiger partial charge in [-0.2, -0.15) is 4.98 Å². The monoisotopic (exact) mass is 612 g/mol. The van der Waals surface area contributed by atoms with Gasteiger partial charge in [-0.05, 0) is 56.3 Å².